The number of piperidine rings is 1. The molecule has 25 heavy (non-hydrogen) atoms. The lowest BCUT2D eigenvalue weighted by molar-refractivity contribution is -0.148. The number of anilines is 1. The van der Waals surface area contributed by atoms with Gasteiger partial charge in [-0.05, 0) is 51.4 Å². The number of nitrogens with one attached hydrogen (secondary N) is 2. The summed E-state index contributed by atoms with van der Waals surface area (Å²) < 4.78 is 5.53. The van der Waals surface area contributed by atoms with E-state index in [4.69, 9.17) is 4.74 Å². The second-order valence-electron chi connectivity index (χ2n) is 6.59. The Labute approximate surface area is 154 Å². The maximum Gasteiger partial charge on any atom is 0.252 e. The van der Waals surface area contributed by atoms with Gasteiger partial charge in [-0.3, -0.25) is 9.59 Å². The van der Waals surface area contributed by atoms with Crippen LogP contribution in [0.2, 0.25) is 0 Å². The number of ether oxygens (including phenoxy) is 1. The monoisotopic (exact) mass is 367 g/mol. The zero-order valence-corrected chi connectivity index (χ0v) is 15.5. The van der Waals surface area contributed by atoms with Gasteiger partial charge in [0.15, 0.2) is 0 Å². The van der Waals surface area contributed by atoms with Crippen molar-refractivity contribution < 1.29 is 14.3 Å². The second kappa shape index (κ2) is 8.17. The first-order valence-electron chi connectivity index (χ1n) is 8.51. The average molecular weight is 368 g/mol. The molecule has 1 aromatic carbocycles. The molecular weight excluding hydrogens is 342 g/mol. The quantitative estimate of drug-likeness (QED) is 0.844. The van der Waals surface area contributed by atoms with Gasteiger partial charge < -0.3 is 20.3 Å². The Morgan fingerprint density at radius 3 is 2.52 bits per heavy atom. The van der Waals surface area contributed by atoms with Crippen molar-refractivity contribution in [1.29, 1.82) is 0 Å². The molecule has 6 nitrogen and oxygen atoms in total. The summed E-state index contributed by atoms with van der Waals surface area (Å²) in [5, 5.41) is 6.15. The highest BCUT2D eigenvalue weighted by atomic mass is 35.5. The molecule has 2 heterocycles. The van der Waals surface area contributed by atoms with Crippen LogP contribution in [0.5, 0.6) is 0 Å². The standard InChI is InChI=1S/C18H25N3O3.ClH/c1-13-3-5-14(6-4-13)21-12-7-15(16(21)22)20-17(23)18(24-2)8-10-19-11-9-18;/h3-6,15,19H,7-12H2,1-2H3,(H,20,23);1H. The van der Waals surface area contributed by atoms with Gasteiger partial charge in [0.25, 0.3) is 5.91 Å². The van der Waals surface area contributed by atoms with Crippen molar-refractivity contribution in [3.63, 3.8) is 0 Å². The van der Waals surface area contributed by atoms with Gasteiger partial charge in [-0.25, -0.2) is 0 Å². The first-order chi connectivity index (χ1) is 11.6. The smallest absolute Gasteiger partial charge is 0.252 e. The minimum Gasteiger partial charge on any atom is -0.368 e. The number of carbonyl (C=O) groups is 2. The normalized spacial score (nSPS) is 22.4. The van der Waals surface area contributed by atoms with E-state index in [-0.39, 0.29) is 24.2 Å². The van der Waals surface area contributed by atoms with Gasteiger partial charge in [-0.2, -0.15) is 0 Å². The predicted octanol–water partition coefficient (Wildman–Crippen LogP) is 1.41. The Bertz CT molecular complexity index is 614. The zero-order valence-electron chi connectivity index (χ0n) is 14.7. The second-order valence-corrected chi connectivity index (χ2v) is 6.59. The van der Waals surface area contributed by atoms with Crippen LogP contribution in [0.15, 0.2) is 24.3 Å². The summed E-state index contributed by atoms with van der Waals surface area (Å²) in [7, 11) is 1.57. The number of hydrogen-bond acceptors (Lipinski definition) is 4. The van der Waals surface area contributed by atoms with E-state index in [0.717, 1.165) is 24.3 Å². The summed E-state index contributed by atoms with van der Waals surface area (Å²) in [5.74, 6) is -0.219. The van der Waals surface area contributed by atoms with E-state index in [9.17, 15) is 9.59 Å². The third-order valence-corrected chi connectivity index (χ3v) is 5.07. The van der Waals surface area contributed by atoms with Gasteiger partial charge in [-0.15, -0.1) is 12.4 Å². The van der Waals surface area contributed by atoms with E-state index < -0.39 is 11.6 Å². The van der Waals surface area contributed by atoms with Crippen molar-refractivity contribution in [3.05, 3.63) is 29.8 Å². The molecule has 2 amide bonds. The topological polar surface area (TPSA) is 70.7 Å². The summed E-state index contributed by atoms with van der Waals surface area (Å²) in [5.41, 5.74) is 1.22. The van der Waals surface area contributed by atoms with Crippen LogP contribution in [0.3, 0.4) is 0 Å². The van der Waals surface area contributed by atoms with Gasteiger partial charge in [0, 0.05) is 19.3 Å². The summed E-state index contributed by atoms with van der Waals surface area (Å²) >= 11 is 0. The Balaban J connectivity index is 0.00000225. The van der Waals surface area contributed by atoms with Crippen LogP contribution in [0.25, 0.3) is 0 Å². The van der Waals surface area contributed by atoms with Crippen LogP contribution in [-0.2, 0) is 14.3 Å². The largest absolute Gasteiger partial charge is 0.368 e. The van der Waals surface area contributed by atoms with Crippen LogP contribution in [0.4, 0.5) is 5.69 Å². The Kier molecular flexibility index (Phi) is 6.43. The van der Waals surface area contributed by atoms with Crippen LogP contribution < -0.4 is 15.5 Å². The van der Waals surface area contributed by atoms with Crippen molar-refractivity contribution in [2.45, 2.75) is 37.8 Å². The van der Waals surface area contributed by atoms with E-state index >= 15 is 0 Å². The predicted molar refractivity (Wildman–Crippen MR) is 99.2 cm³/mol. The maximum absolute atomic E-state index is 12.7. The lowest BCUT2D eigenvalue weighted by atomic mass is 9.90. The van der Waals surface area contributed by atoms with Crippen LogP contribution in [-0.4, -0.2) is 50.2 Å². The highest BCUT2D eigenvalue weighted by molar-refractivity contribution is 6.02. The highest BCUT2D eigenvalue weighted by Crippen LogP contribution is 2.25. The van der Waals surface area contributed by atoms with Crippen molar-refractivity contribution in [2.24, 2.45) is 0 Å². The number of amides is 2. The Morgan fingerprint density at radius 2 is 1.92 bits per heavy atom. The fourth-order valence-corrected chi connectivity index (χ4v) is 3.44. The molecule has 2 fully saturated rings. The Morgan fingerprint density at radius 1 is 1.28 bits per heavy atom. The molecule has 2 aliphatic rings. The number of hydrogen-bond donors (Lipinski definition) is 2. The molecule has 7 heteroatoms. The molecule has 1 aromatic rings. The zero-order chi connectivity index (χ0) is 17.2. The highest BCUT2D eigenvalue weighted by Gasteiger charge is 2.43. The lowest BCUT2D eigenvalue weighted by Gasteiger charge is -2.35. The number of rotatable bonds is 4. The number of carbonyl (C=O) groups excluding carboxylic acids is 2. The van der Waals surface area contributed by atoms with Gasteiger partial charge in [-0.1, -0.05) is 17.7 Å². The van der Waals surface area contributed by atoms with E-state index in [1.807, 2.05) is 31.2 Å². The minimum atomic E-state index is -0.817. The Hall–Kier alpha value is -1.63. The van der Waals surface area contributed by atoms with Crippen LogP contribution in [0.1, 0.15) is 24.8 Å². The summed E-state index contributed by atoms with van der Waals surface area (Å²) in [6, 6.07) is 7.40. The fourth-order valence-electron chi connectivity index (χ4n) is 3.44. The number of nitrogens with zero attached hydrogens (tertiary/aromatic N) is 1. The molecule has 138 valence electrons. The van der Waals surface area contributed by atoms with Gasteiger partial charge in [0.2, 0.25) is 5.91 Å². The lowest BCUT2D eigenvalue weighted by Crippen LogP contribution is -2.57. The molecule has 0 spiro atoms. The minimum absolute atomic E-state index is 0. The number of benzene rings is 1. The third-order valence-electron chi connectivity index (χ3n) is 5.07. The summed E-state index contributed by atoms with van der Waals surface area (Å²) in [4.78, 5) is 27.1. The summed E-state index contributed by atoms with van der Waals surface area (Å²) in [6.07, 6.45) is 1.87. The average Bonchev–Trinajstić information content (AvgIpc) is 2.97. The molecule has 0 saturated carbocycles. The summed E-state index contributed by atoms with van der Waals surface area (Å²) in [6.45, 7) is 4.13. The third kappa shape index (κ3) is 3.97. The van der Waals surface area contributed by atoms with Crippen molar-refractivity contribution >= 4 is 29.9 Å². The number of aryl methyl sites for hydroxylation is 1. The van der Waals surface area contributed by atoms with Crippen LogP contribution >= 0.6 is 12.4 Å². The van der Waals surface area contributed by atoms with Crippen molar-refractivity contribution in [3.8, 4) is 0 Å². The molecule has 2 saturated heterocycles. The first-order valence-corrected chi connectivity index (χ1v) is 8.51. The SMILES string of the molecule is COC1(C(=O)NC2CCN(c3ccc(C)cc3)C2=O)CCNCC1.Cl. The molecule has 0 aromatic heterocycles. The van der Waals surface area contributed by atoms with Gasteiger partial charge in [0.05, 0.1) is 0 Å². The van der Waals surface area contributed by atoms with Gasteiger partial charge >= 0.3 is 0 Å². The molecule has 0 radical (unpaired) electrons. The van der Waals surface area contributed by atoms with Crippen molar-refractivity contribution in [1.82, 2.24) is 10.6 Å². The molecule has 2 N–H and O–H groups in total. The number of methoxy groups -OCH3 is 1. The molecule has 1 unspecified atom stereocenters. The van der Waals surface area contributed by atoms with E-state index in [0.29, 0.717) is 25.8 Å². The molecule has 0 aliphatic carbocycles. The van der Waals surface area contributed by atoms with Gasteiger partial charge in [0.1, 0.15) is 11.6 Å². The molecule has 0 bridgehead atoms. The fraction of sp³-hybridized carbons (Fsp3) is 0.556. The molecule has 1 atom stereocenters. The van der Waals surface area contributed by atoms with Crippen molar-refractivity contribution in [2.75, 3.05) is 31.6 Å². The maximum atomic E-state index is 12.7. The number of halogens is 1. The first kappa shape index (κ1) is 19.7. The van der Waals surface area contributed by atoms with E-state index in [2.05, 4.69) is 10.6 Å². The molecule has 2 aliphatic heterocycles. The van der Waals surface area contributed by atoms with E-state index in [1.54, 1.807) is 12.0 Å². The van der Waals surface area contributed by atoms with E-state index in [1.165, 1.54) is 0 Å². The van der Waals surface area contributed by atoms with Crippen LogP contribution in [0, 0.1) is 6.92 Å². The molecule has 3 rings (SSSR count). The molecular formula is C18H26ClN3O3.